The summed E-state index contributed by atoms with van der Waals surface area (Å²) in [6, 6.07) is 1.96. The lowest BCUT2D eigenvalue weighted by molar-refractivity contribution is -0.120. The first kappa shape index (κ1) is 11.5. The maximum Gasteiger partial charge on any atom is 0.254 e. The first-order chi connectivity index (χ1) is 5.45. The molecule has 1 atom stereocenters. The summed E-state index contributed by atoms with van der Waals surface area (Å²) >= 11 is 10.6. The van der Waals surface area contributed by atoms with Crippen molar-refractivity contribution < 1.29 is 4.79 Å². The van der Waals surface area contributed by atoms with E-state index in [1.165, 1.54) is 0 Å². The third-order valence-electron chi connectivity index (χ3n) is 1.55. The van der Waals surface area contributed by atoms with Crippen LogP contribution in [0.1, 0.15) is 20.3 Å². The molecular weight excluding hydrogens is 199 g/mol. The van der Waals surface area contributed by atoms with E-state index in [2.05, 4.69) is 5.32 Å². The Morgan fingerprint density at radius 2 is 2.25 bits per heavy atom. The largest absolute Gasteiger partial charge is 0.336 e. The Morgan fingerprint density at radius 1 is 1.75 bits per heavy atom. The maximum absolute atomic E-state index is 11.0. The lowest BCUT2D eigenvalue weighted by atomic mass is 10.0. The molecular formula is C7H10Cl2N2O. The minimum absolute atomic E-state index is 0.510. The summed E-state index contributed by atoms with van der Waals surface area (Å²) in [5.74, 6) is -0.538. The van der Waals surface area contributed by atoms with Crippen LogP contribution in [0.4, 0.5) is 0 Å². The lowest BCUT2D eigenvalue weighted by Crippen LogP contribution is -2.46. The minimum Gasteiger partial charge on any atom is -0.336 e. The zero-order valence-corrected chi connectivity index (χ0v) is 8.41. The molecule has 0 aromatic carbocycles. The highest BCUT2D eigenvalue weighted by molar-refractivity contribution is 6.53. The summed E-state index contributed by atoms with van der Waals surface area (Å²) in [5, 5.41) is 11.1. The summed E-state index contributed by atoms with van der Waals surface area (Å²) < 4.78 is 0. The van der Waals surface area contributed by atoms with Crippen molar-refractivity contribution in [3.05, 3.63) is 0 Å². The van der Waals surface area contributed by atoms with E-state index in [0.717, 1.165) is 0 Å². The molecule has 0 aromatic rings. The second-order valence-electron chi connectivity index (χ2n) is 2.59. The van der Waals surface area contributed by atoms with E-state index < -0.39 is 16.3 Å². The van der Waals surface area contributed by atoms with Gasteiger partial charge in [-0.05, 0) is 13.3 Å². The van der Waals surface area contributed by atoms with Crippen LogP contribution in [-0.4, -0.2) is 16.3 Å². The van der Waals surface area contributed by atoms with Crippen molar-refractivity contribution in [3.63, 3.8) is 0 Å². The molecule has 0 aliphatic rings. The van der Waals surface area contributed by atoms with Gasteiger partial charge < -0.3 is 5.32 Å². The van der Waals surface area contributed by atoms with E-state index in [0.29, 0.717) is 6.42 Å². The molecule has 1 amide bonds. The number of carbonyl (C=O) groups is 1. The first-order valence-corrected chi connectivity index (χ1v) is 4.34. The SMILES string of the molecule is CCC(C)(C#N)NC(=O)C(Cl)Cl. The van der Waals surface area contributed by atoms with Gasteiger partial charge in [0.2, 0.25) is 0 Å². The molecule has 0 spiro atoms. The zero-order chi connectivity index (χ0) is 9.78. The number of nitriles is 1. The molecule has 0 aliphatic heterocycles. The molecule has 0 radical (unpaired) electrons. The van der Waals surface area contributed by atoms with E-state index in [4.69, 9.17) is 28.5 Å². The third kappa shape index (κ3) is 3.29. The van der Waals surface area contributed by atoms with Crippen LogP contribution in [0.25, 0.3) is 0 Å². The Balaban J connectivity index is 4.25. The Kier molecular flexibility index (Phi) is 4.36. The Morgan fingerprint density at radius 3 is 2.50 bits per heavy atom. The molecule has 0 rings (SSSR count). The standard InChI is InChI=1S/C7H10Cl2N2O/c1-3-7(2,4-10)11-6(12)5(8)9/h5H,3H2,1-2H3,(H,11,12). The Labute approximate surface area is 81.6 Å². The van der Waals surface area contributed by atoms with Crippen molar-refractivity contribution in [1.29, 1.82) is 5.26 Å². The predicted molar refractivity (Wildman–Crippen MR) is 47.9 cm³/mol. The zero-order valence-electron chi connectivity index (χ0n) is 6.90. The monoisotopic (exact) mass is 208 g/mol. The van der Waals surface area contributed by atoms with Gasteiger partial charge in [0.05, 0.1) is 6.07 Å². The highest BCUT2D eigenvalue weighted by Gasteiger charge is 2.25. The van der Waals surface area contributed by atoms with Crippen LogP contribution in [0.5, 0.6) is 0 Å². The average molecular weight is 209 g/mol. The van der Waals surface area contributed by atoms with Crippen LogP contribution >= 0.6 is 23.2 Å². The number of hydrogen-bond acceptors (Lipinski definition) is 2. The van der Waals surface area contributed by atoms with Crippen molar-refractivity contribution >= 4 is 29.1 Å². The van der Waals surface area contributed by atoms with Gasteiger partial charge in [-0.15, -0.1) is 0 Å². The fourth-order valence-electron chi connectivity index (χ4n) is 0.522. The molecule has 5 heteroatoms. The second kappa shape index (κ2) is 4.54. The van der Waals surface area contributed by atoms with E-state index in [1.54, 1.807) is 13.8 Å². The number of nitrogens with zero attached hydrogens (tertiary/aromatic N) is 1. The van der Waals surface area contributed by atoms with Crippen LogP contribution in [0.15, 0.2) is 0 Å². The topological polar surface area (TPSA) is 52.9 Å². The molecule has 0 heterocycles. The van der Waals surface area contributed by atoms with Gasteiger partial charge in [-0.25, -0.2) is 0 Å². The van der Waals surface area contributed by atoms with Crippen molar-refractivity contribution in [2.24, 2.45) is 0 Å². The molecule has 0 saturated heterocycles. The highest BCUT2D eigenvalue weighted by Crippen LogP contribution is 2.10. The number of amides is 1. The summed E-state index contributed by atoms with van der Waals surface area (Å²) in [5.41, 5.74) is -0.876. The van der Waals surface area contributed by atoms with Gasteiger partial charge in [0.1, 0.15) is 5.54 Å². The van der Waals surface area contributed by atoms with E-state index in [1.807, 2.05) is 6.07 Å². The molecule has 0 bridgehead atoms. The molecule has 3 nitrogen and oxygen atoms in total. The number of nitrogens with one attached hydrogen (secondary N) is 1. The van der Waals surface area contributed by atoms with Crippen molar-refractivity contribution in [3.8, 4) is 6.07 Å². The molecule has 0 fully saturated rings. The van der Waals surface area contributed by atoms with Gasteiger partial charge >= 0.3 is 0 Å². The maximum atomic E-state index is 11.0. The first-order valence-electron chi connectivity index (χ1n) is 3.46. The number of hydrogen-bond donors (Lipinski definition) is 1. The summed E-state index contributed by atoms with van der Waals surface area (Å²) in [6.45, 7) is 3.40. The molecule has 0 aromatic heterocycles. The molecule has 1 unspecified atom stereocenters. The van der Waals surface area contributed by atoms with E-state index in [9.17, 15) is 4.79 Å². The lowest BCUT2D eigenvalue weighted by Gasteiger charge is -2.21. The fourth-order valence-corrected chi connectivity index (χ4v) is 0.631. The predicted octanol–water partition coefficient (Wildman–Crippen LogP) is 1.60. The van der Waals surface area contributed by atoms with Crippen molar-refractivity contribution in [2.45, 2.75) is 30.6 Å². The molecule has 68 valence electrons. The average Bonchev–Trinajstić information content (AvgIpc) is 2.04. The van der Waals surface area contributed by atoms with E-state index in [-0.39, 0.29) is 0 Å². The Hall–Kier alpha value is -0.460. The molecule has 0 saturated carbocycles. The fraction of sp³-hybridized carbons (Fsp3) is 0.714. The summed E-state index contributed by atoms with van der Waals surface area (Å²) in [7, 11) is 0. The molecule has 12 heavy (non-hydrogen) atoms. The Bertz CT molecular complexity index is 212. The summed E-state index contributed by atoms with van der Waals surface area (Å²) in [4.78, 5) is 9.83. The third-order valence-corrected chi connectivity index (χ3v) is 1.95. The highest BCUT2D eigenvalue weighted by atomic mass is 35.5. The van der Waals surface area contributed by atoms with Crippen molar-refractivity contribution in [2.75, 3.05) is 0 Å². The normalized spacial score (nSPS) is 15.0. The van der Waals surface area contributed by atoms with Crippen LogP contribution in [-0.2, 0) is 4.79 Å². The van der Waals surface area contributed by atoms with Gasteiger partial charge in [-0.2, -0.15) is 5.26 Å². The van der Waals surface area contributed by atoms with Crippen LogP contribution in [0, 0.1) is 11.3 Å². The van der Waals surface area contributed by atoms with Gasteiger partial charge in [-0.3, -0.25) is 4.79 Å². The van der Waals surface area contributed by atoms with E-state index >= 15 is 0 Å². The van der Waals surface area contributed by atoms with Crippen molar-refractivity contribution in [1.82, 2.24) is 5.32 Å². The quantitative estimate of drug-likeness (QED) is 0.717. The molecule has 1 N–H and O–H groups in total. The van der Waals surface area contributed by atoms with Gasteiger partial charge in [0.15, 0.2) is 4.84 Å². The van der Waals surface area contributed by atoms with Gasteiger partial charge in [-0.1, -0.05) is 30.1 Å². The van der Waals surface area contributed by atoms with Crippen LogP contribution in [0.2, 0.25) is 0 Å². The van der Waals surface area contributed by atoms with Crippen LogP contribution in [0.3, 0.4) is 0 Å². The second-order valence-corrected chi connectivity index (χ2v) is 3.68. The molecule has 0 aliphatic carbocycles. The minimum atomic E-state index is -1.12. The summed E-state index contributed by atoms with van der Waals surface area (Å²) in [6.07, 6.45) is 0.510. The van der Waals surface area contributed by atoms with Gasteiger partial charge in [0.25, 0.3) is 5.91 Å². The van der Waals surface area contributed by atoms with Crippen LogP contribution < -0.4 is 5.32 Å². The number of rotatable bonds is 3. The number of halogens is 2. The number of alkyl halides is 2. The smallest absolute Gasteiger partial charge is 0.254 e. The van der Waals surface area contributed by atoms with Gasteiger partial charge in [0, 0.05) is 0 Å². The number of carbonyl (C=O) groups excluding carboxylic acids is 1.